The van der Waals surface area contributed by atoms with Crippen LogP contribution in [0, 0.1) is 0 Å². The summed E-state index contributed by atoms with van der Waals surface area (Å²) < 4.78 is 0. The topological polar surface area (TPSA) is 32.3 Å². The second-order valence-electron chi connectivity index (χ2n) is 5.83. The van der Waals surface area contributed by atoms with Gasteiger partial charge >= 0.3 is 0 Å². The van der Waals surface area contributed by atoms with E-state index in [-0.39, 0.29) is 5.91 Å². The predicted octanol–water partition coefficient (Wildman–Crippen LogP) is 3.16. The van der Waals surface area contributed by atoms with Gasteiger partial charge in [-0.3, -0.25) is 9.69 Å². The Morgan fingerprint density at radius 3 is 2.58 bits per heavy atom. The van der Waals surface area contributed by atoms with Gasteiger partial charge in [-0.1, -0.05) is 24.6 Å². The van der Waals surface area contributed by atoms with Crippen molar-refractivity contribution in [2.24, 2.45) is 0 Å². The molecule has 2 unspecified atom stereocenters. The van der Waals surface area contributed by atoms with Crippen LogP contribution in [0.25, 0.3) is 0 Å². The summed E-state index contributed by atoms with van der Waals surface area (Å²) in [5.41, 5.74) is 2.22. The maximum Gasteiger partial charge on any atom is 0.221 e. The lowest BCUT2D eigenvalue weighted by Crippen LogP contribution is -2.39. The third kappa shape index (κ3) is 2.66. The summed E-state index contributed by atoms with van der Waals surface area (Å²) in [5.74, 6) is 0.00839. The van der Waals surface area contributed by atoms with Gasteiger partial charge in [-0.25, -0.2) is 0 Å². The molecule has 1 amide bonds. The number of carbonyl (C=O) groups is 1. The fraction of sp³-hybridized carbons (Fsp3) is 0.562. The first-order chi connectivity index (χ1) is 9.24. The number of amides is 1. The Balaban J connectivity index is 1.78. The summed E-state index contributed by atoms with van der Waals surface area (Å²) in [7, 11) is 0. The number of anilines is 1. The van der Waals surface area contributed by atoms with E-state index in [1.165, 1.54) is 37.7 Å². The van der Waals surface area contributed by atoms with E-state index in [4.69, 9.17) is 0 Å². The quantitative estimate of drug-likeness (QED) is 0.903. The first-order valence-corrected chi connectivity index (χ1v) is 7.35. The van der Waals surface area contributed by atoms with E-state index in [0.29, 0.717) is 0 Å². The number of carbonyl (C=O) groups excluding carboxylic acids is 1. The van der Waals surface area contributed by atoms with Crippen molar-refractivity contribution in [1.29, 1.82) is 0 Å². The molecule has 0 aliphatic carbocycles. The maximum absolute atomic E-state index is 11.3. The van der Waals surface area contributed by atoms with Crippen molar-refractivity contribution in [3.05, 3.63) is 29.8 Å². The van der Waals surface area contributed by atoms with Gasteiger partial charge in [0.25, 0.3) is 0 Å². The van der Waals surface area contributed by atoms with Gasteiger partial charge < -0.3 is 5.32 Å². The smallest absolute Gasteiger partial charge is 0.221 e. The molecule has 2 aliphatic heterocycles. The monoisotopic (exact) mass is 258 g/mol. The molecule has 1 aromatic carbocycles. The minimum absolute atomic E-state index is 0.00839. The molecule has 19 heavy (non-hydrogen) atoms. The second kappa shape index (κ2) is 5.33. The number of nitrogens with zero attached hydrogens (tertiary/aromatic N) is 1. The van der Waals surface area contributed by atoms with Gasteiger partial charge in [0.05, 0.1) is 0 Å². The van der Waals surface area contributed by atoms with Crippen molar-refractivity contribution < 1.29 is 4.79 Å². The van der Waals surface area contributed by atoms with Gasteiger partial charge in [-0.15, -0.1) is 0 Å². The fourth-order valence-corrected chi connectivity index (χ4v) is 3.65. The SMILES string of the molecule is CC(=O)Nc1ccccc1CN1C2CCCC1CC2. The van der Waals surface area contributed by atoms with Gasteiger partial charge in [0.15, 0.2) is 0 Å². The van der Waals surface area contributed by atoms with Crippen LogP contribution >= 0.6 is 0 Å². The Bertz CT molecular complexity index is 456. The first kappa shape index (κ1) is 12.7. The summed E-state index contributed by atoms with van der Waals surface area (Å²) in [5, 5.41) is 2.95. The molecule has 2 aliphatic rings. The molecule has 0 aromatic heterocycles. The Morgan fingerprint density at radius 1 is 1.21 bits per heavy atom. The zero-order valence-corrected chi connectivity index (χ0v) is 11.6. The minimum Gasteiger partial charge on any atom is -0.326 e. The Kier molecular flexibility index (Phi) is 3.56. The summed E-state index contributed by atoms with van der Waals surface area (Å²) in [6.07, 6.45) is 6.79. The van der Waals surface area contributed by atoms with Crippen LogP contribution in [0.2, 0.25) is 0 Å². The molecular formula is C16H22N2O. The number of nitrogens with one attached hydrogen (secondary N) is 1. The maximum atomic E-state index is 11.3. The van der Waals surface area contributed by atoms with Crippen molar-refractivity contribution >= 4 is 11.6 Å². The lowest BCUT2D eigenvalue weighted by molar-refractivity contribution is -0.114. The number of rotatable bonds is 3. The molecule has 3 heteroatoms. The summed E-state index contributed by atoms with van der Waals surface area (Å²) in [6, 6.07) is 9.72. The molecule has 2 heterocycles. The number of para-hydroxylation sites is 1. The average molecular weight is 258 g/mol. The molecule has 2 saturated heterocycles. The van der Waals surface area contributed by atoms with Gasteiger partial charge in [0.1, 0.15) is 0 Å². The Labute approximate surface area is 115 Å². The summed E-state index contributed by atoms with van der Waals surface area (Å²) in [6.45, 7) is 2.55. The van der Waals surface area contributed by atoms with Crippen LogP contribution in [-0.2, 0) is 11.3 Å². The molecule has 1 aromatic rings. The number of hydrogen-bond acceptors (Lipinski definition) is 2. The van der Waals surface area contributed by atoms with E-state index < -0.39 is 0 Å². The van der Waals surface area contributed by atoms with Crippen LogP contribution in [0.15, 0.2) is 24.3 Å². The first-order valence-electron chi connectivity index (χ1n) is 7.35. The molecule has 0 radical (unpaired) electrons. The highest BCUT2D eigenvalue weighted by molar-refractivity contribution is 5.89. The van der Waals surface area contributed by atoms with Gasteiger partial charge in [0.2, 0.25) is 5.91 Å². The van der Waals surface area contributed by atoms with Crippen molar-refractivity contribution in [2.45, 2.75) is 57.7 Å². The molecule has 0 spiro atoms. The standard InChI is InChI=1S/C16H22N2O/c1-12(19)17-16-8-3-2-5-13(16)11-18-14-6-4-7-15(18)10-9-14/h2-3,5,8,14-15H,4,6-7,9-11H2,1H3,(H,17,19). The van der Waals surface area contributed by atoms with E-state index >= 15 is 0 Å². The number of hydrogen-bond donors (Lipinski definition) is 1. The molecule has 0 saturated carbocycles. The molecule has 3 nitrogen and oxygen atoms in total. The van der Waals surface area contributed by atoms with E-state index in [9.17, 15) is 4.79 Å². The fourth-order valence-electron chi connectivity index (χ4n) is 3.65. The van der Waals surface area contributed by atoms with Crippen molar-refractivity contribution in [1.82, 2.24) is 4.90 Å². The summed E-state index contributed by atoms with van der Waals surface area (Å²) >= 11 is 0. The van der Waals surface area contributed by atoms with Crippen LogP contribution in [-0.4, -0.2) is 22.9 Å². The number of piperidine rings is 1. The predicted molar refractivity (Wildman–Crippen MR) is 76.9 cm³/mol. The molecule has 2 fully saturated rings. The lowest BCUT2D eigenvalue weighted by Gasteiger charge is -2.35. The summed E-state index contributed by atoms with van der Waals surface area (Å²) in [4.78, 5) is 13.9. The Morgan fingerprint density at radius 2 is 1.89 bits per heavy atom. The van der Waals surface area contributed by atoms with Crippen LogP contribution in [0.4, 0.5) is 5.69 Å². The van der Waals surface area contributed by atoms with Gasteiger partial charge in [-0.2, -0.15) is 0 Å². The number of benzene rings is 1. The van der Waals surface area contributed by atoms with Crippen LogP contribution in [0.5, 0.6) is 0 Å². The van der Waals surface area contributed by atoms with Crippen molar-refractivity contribution in [3.8, 4) is 0 Å². The third-order valence-corrected chi connectivity index (χ3v) is 4.53. The normalized spacial score (nSPS) is 26.4. The molecule has 1 N–H and O–H groups in total. The van der Waals surface area contributed by atoms with Gasteiger partial charge in [-0.05, 0) is 37.3 Å². The van der Waals surface area contributed by atoms with Crippen molar-refractivity contribution in [2.75, 3.05) is 5.32 Å². The second-order valence-corrected chi connectivity index (χ2v) is 5.83. The zero-order chi connectivity index (χ0) is 13.2. The van der Waals surface area contributed by atoms with E-state index in [1.807, 2.05) is 12.1 Å². The largest absolute Gasteiger partial charge is 0.326 e. The molecule has 102 valence electrons. The Hall–Kier alpha value is -1.35. The van der Waals surface area contributed by atoms with E-state index in [1.54, 1.807) is 6.92 Å². The molecule has 3 rings (SSSR count). The number of fused-ring (bicyclic) bond motifs is 2. The highest BCUT2D eigenvalue weighted by Crippen LogP contribution is 2.37. The van der Waals surface area contributed by atoms with E-state index in [0.717, 1.165) is 24.3 Å². The zero-order valence-electron chi connectivity index (χ0n) is 11.6. The van der Waals surface area contributed by atoms with Crippen LogP contribution in [0.1, 0.15) is 44.6 Å². The van der Waals surface area contributed by atoms with Crippen molar-refractivity contribution in [3.63, 3.8) is 0 Å². The highest BCUT2D eigenvalue weighted by Gasteiger charge is 2.36. The van der Waals surface area contributed by atoms with E-state index in [2.05, 4.69) is 22.3 Å². The molecule has 2 atom stereocenters. The molecular weight excluding hydrogens is 236 g/mol. The van der Waals surface area contributed by atoms with Crippen LogP contribution in [0.3, 0.4) is 0 Å². The van der Waals surface area contributed by atoms with Crippen LogP contribution < -0.4 is 5.32 Å². The highest BCUT2D eigenvalue weighted by atomic mass is 16.1. The molecule has 2 bridgehead atoms. The average Bonchev–Trinajstić information content (AvgIpc) is 2.61. The minimum atomic E-state index is 0.00839. The lowest BCUT2D eigenvalue weighted by atomic mass is 10.0. The third-order valence-electron chi connectivity index (χ3n) is 4.53. The van der Waals surface area contributed by atoms with Gasteiger partial charge in [0, 0.05) is 31.2 Å².